The topological polar surface area (TPSA) is 53.9 Å². The quantitative estimate of drug-likeness (QED) is 0.586. The summed E-state index contributed by atoms with van der Waals surface area (Å²) >= 11 is 1.58. The smallest absolute Gasteiger partial charge is 0.183 e. The Hall–Kier alpha value is -2.53. The van der Waals surface area contributed by atoms with Gasteiger partial charge in [-0.15, -0.1) is 11.3 Å². The van der Waals surface area contributed by atoms with E-state index in [0.717, 1.165) is 22.0 Å². The van der Waals surface area contributed by atoms with Crippen molar-refractivity contribution < 1.29 is 4.42 Å². The molecule has 0 radical (unpaired) electrons. The fourth-order valence-corrected chi connectivity index (χ4v) is 3.07. The van der Waals surface area contributed by atoms with Crippen LogP contribution in [0.3, 0.4) is 0 Å². The molecule has 104 valence electrons. The Morgan fingerprint density at radius 1 is 1.19 bits per heavy atom. The van der Waals surface area contributed by atoms with E-state index < -0.39 is 0 Å². The molecular formula is C16H13N3OS. The molecule has 0 aliphatic heterocycles. The van der Waals surface area contributed by atoms with Crippen LogP contribution in [-0.2, 0) is 0 Å². The molecule has 1 aromatic carbocycles. The highest BCUT2D eigenvalue weighted by molar-refractivity contribution is 7.13. The maximum atomic E-state index is 5.62. The van der Waals surface area contributed by atoms with Crippen molar-refractivity contribution in [3.05, 3.63) is 71.8 Å². The highest BCUT2D eigenvalue weighted by Gasteiger charge is 2.21. The van der Waals surface area contributed by atoms with E-state index in [1.165, 1.54) is 5.39 Å². The van der Waals surface area contributed by atoms with Gasteiger partial charge >= 0.3 is 0 Å². The first-order valence-electron chi connectivity index (χ1n) is 6.67. The van der Waals surface area contributed by atoms with Gasteiger partial charge in [0.05, 0.1) is 6.26 Å². The molecule has 4 aromatic rings. The minimum Gasteiger partial charge on any atom is -0.467 e. The molecule has 0 spiro atoms. The highest BCUT2D eigenvalue weighted by Crippen LogP contribution is 2.32. The van der Waals surface area contributed by atoms with Crippen molar-refractivity contribution in [3.8, 4) is 0 Å². The Morgan fingerprint density at radius 2 is 2.14 bits per heavy atom. The molecule has 4 nitrogen and oxygen atoms in total. The molecular weight excluding hydrogens is 282 g/mol. The summed E-state index contributed by atoms with van der Waals surface area (Å²) in [6, 6.07) is 12.1. The van der Waals surface area contributed by atoms with Gasteiger partial charge in [0.25, 0.3) is 0 Å². The van der Waals surface area contributed by atoms with Crippen LogP contribution in [0.1, 0.15) is 17.4 Å². The summed E-state index contributed by atoms with van der Waals surface area (Å²) in [6.45, 7) is 0. The number of nitrogens with one attached hydrogen (secondary N) is 2. The van der Waals surface area contributed by atoms with E-state index in [-0.39, 0.29) is 6.04 Å². The molecule has 1 atom stereocenters. The van der Waals surface area contributed by atoms with Gasteiger partial charge in [-0.1, -0.05) is 18.2 Å². The third kappa shape index (κ3) is 2.21. The normalized spacial score (nSPS) is 12.6. The number of aromatic nitrogens is 2. The van der Waals surface area contributed by atoms with E-state index in [2.05, 4.69) is 27.4 Å². The number of fused-ring (bicyclic) bond motifs is 1. The summed E-state index contributed by atoms with van der Waals surface area (Å²) in [7, 11) is 0. The minimum atomic E-state index is -0.0673. The van der Waals surface area contributed by atoms with Gasteiger partial charge in [-0.2, -0.15) is 0 Å². The van der Waals surface area contributed by atoms with Crippen LogP contribution in [-0.4, -0.2) is 9.97 Å². The number of benzene rings is 1. The third-order valence-corrected chi connectivity index (χ3v) is 4.16. The second-order valence-electron chi connectivity index (χ2n) is 4.72. The molecule has 5 heteroatoms. The van der Waals surface area contributed by atoms with Gasteiger partial charge in [-0.3, -0.25) is 0 Å². The Labute approximate surface area is 125 Å². The summed E-state index contributed by atoms with van der Waals surface area (Å²) in [5.41, 5.74) is 2.26. The van der Waals surface area contributed by atoms with Crippen LogP contribution in [0.4, 0.5) is 5.13 Å². The predicted molar refractivity (Wildman–Crippen MR) is 84.6 cm³/mol. The molecule has 0 saturated carbocycles. The summed E-state index contributed by atoms with van der Waals surface area (Å²) in [6.07, 6.45) is 5.51. The maximum absolute atomic E-state index is 5.62. The number of thiazole rings is 1. The zero-order chi connectivity index (χ0) is 14.1. The second-order valence-corrected chi connectivity index (χ2v) is 5.61. The number of anilines is 1. The van der Waals surface area contributed by atoms with E-state index in [4.69, 9.17) is 4.42 Å². The zero-order valence-corrected chi connectivity index (χ0v) is 11.9. The lowest BCUT2D eigenvalue weighted by atomic mass is 10.0. The lowest BCUT2D eigenvalue weighted by Crippen LogP contribution is -2.11. The largest absolute Gasteiger partial charge is 0.467 e. The van der Waals surface area contributed by atoms with Crippen LogP contribution in [0.15, 0.2) is 64.9 Å². The van der Waals surface area contributed by atoms with Gasteiger partial charge in [0.15, 0.2) is 5.13 Å². The first-order chi connectivity index (χ1) is 10.4. The van der Waals surface area contributed by atoms with Gasteiger partial charge in [-0.05, 0) is 18.2 Å². The number of H-pyrrole nitrogens is 1. The van der Waals surface area contributed by atoms with Crippen molar-refractivity contribution in [2.24, 2.45) is 0 Å². The average molecular weight is 295 g/mol. The van der Waals surface area contributed by atoms with Gasteiger partial charge in [0, 0.05) is 34.2 Å². The molecule has 0 saturated heterocycles. The molecule has 2 N–H and O–H groups in total. The van der Waals surface area contributed by atoms with Crippen LogP contribution < -0.4 is 5.32 Å². The minimum absolute atomic E-state index is 0.0673. The number of nitrogens with zero attached hydrogens (tertiary/aromatic N) is 1. The summed E-state index contributed by atoms with van der Waals surface area (Å²) < 4.78 is 5.62. The number of para-hydroxylation sites is 1. The van der Waals surface area contributed by atoms with E-state index in [1.54, 1.807) is 23.8 Å². The Balaban J connectivity index is 1.82. The predicted octanol–water partition coefficient (Wildman–Crippen LogP) is 4.42. The number of hydrogen-bond donors (Lipinski definition) is 2. The van der Waals surface area contributed by atoms with Crippen molar-refractivity contribution in [2.75, 3.05) is 5.32 Å². The molecule has 0 bridgehead atoms. The van der Waals surface area contributed by atoms with Crippen LogP contribution in [0.25, 0.3) is 10.9 Å². The van der Waals surface area contributed by atoms with Gasteiger partial charge in [0.2, 0.25) is 0 Å². The van der Waals surface area contributed by atoms with Gasteiger partial charge in [-0.25, -0.2) is 4.98 Å². The van der Waals surface area contributed by atoms with Crippen molar-refractivity contribution in [2.45, 2.75) is 6.04 Å². The summed E-state index contributed by atoms with van der Waals surface area (Å²) in [5, 5.41) is 7.46. The van der Waals surface area contributed by atoms with Crippen LogP contribution in [0, 0.1) is 0 Å². The van der Waals surface area contributed by atoms with Crippen LogP contribution in [0.2, 0.25) is 0 Å². The molecule has 0 fully saturated rings. The van der Waals surface area contributed by atoms with Crippen molar-refractivity contribution in [1.82, 2.24) is 9.97 Å². The second kappa shape index (κ2) is 5.10. The molecule has 21 heavy (non-hydrogen) atoms. The fraction of sp³-hybridized carbons (Fsp3) is 0.0625. The molecule has 3 aromatic heterocycles. The van der Waals surface area contributed by atoms with Crippen LogP contribution in [0.5, 0.6) is 0 Å². The van der Waals surface area contributed by atoms with E-state index in [9.17, 15) is 0 Å². The van der Waals surface area contributed by atoms with Crippen molar-refractivity contribution >= 4 is 27.4 Å². The molecule has 0 amide bonds. The number of aromatic amines is 1. The Bertz CT molecular complexity index is 834. The fourth-order valence-electron chi connectivity index (χ4n) is 2.51. The SMILES string of the molecule is c1coc(C(Nc2nccs2)c2c[nH]c3ccccc23)c1. The van der Waals surface area contributed by atoms with E-state index in [1.807, 2.05) is 35.8 Å². The third-order valence-electron chi connectivity index (χ3n) is 3.46. The molecule has 4 rings (SSSR count). The van der Waals surface area contributed by atoms with Gasteiger partial charge < -0.3 is 14.7 Å². The van der Waals surface area contributed by atoms with Crippen molar-refractivity contribution in [1.29, 1.82) is 0 Å². The maximum Gasteiger partial charge on any atom is 0.183 e. The molecule has 0 aliphatic carbocycles. The average Bonchev–Trinajstić information content (AvgIpc) is 3.26. The zero-order valence-electron chi connectivity index (χ0n) is 11.1. The highest BCUT2D eigenvalue weighted by atomic mass is 32.1. The Morgan fingerprint density at radius 3 is 2.95 bits per heavy atom. The van der Waals surface area contributed by atoms with E-state index >= 15 is 0 Å². The van der Waals surface area contributed by atoms with Crippen LogP contribution >= 0.6 is 11.3 Å². The first kappa shape index (κ1) is 12.2. The Kier molecular flexibility index (Phi) is 2.97. The molecule has 3 heterocycles. The number of furan rings is 1. The lowest BCUT2D eigenvalue weighted by Gasteiger charge is -2.15. The first-order valence-corrected chi connectivity index (χ1v) is 7.55. The number of hydrogen-bond acceptors (Lipinski definition) is 4. The summed E-state index contributed by atoms with van der Waals surface area (Å²) in [4.78, 5) is 7.62. The van der Waals surface area contributed by atoms with Crippen molar-refractivity contribution in [3.63, 3.8) is 0 Å². The number of rotatable bonds is 4. The standard InChI is InChI=1S/C16H13N3OS/c1-2-5-13-11(4-1)12(10-18-13)15(14-6-3-8-20-14)19-16-17-7-9-21-16/h1-10,15,18H,(H,17,19). The van der Waals surface area contributed by atoms with Gasteiger partial charge in [0.1, 0.15) is 11.8 Å². The monoisotopic (exact) mass is 295 g/mol. The summed E-state index contributed by atoms with van der Waals surface area (Å²) in [5.74, 6) is 0.870. The molecule has 0 aliphatic rings. The molecule has 1 unspecified atom stereocenters. The van der Waals surface area contributed by atoms with E-state index in [0.29, 0.717) is 0 Å². The lowest BCUT2D eigenvalue weighted by molar-refractivity contribution is 0.499.